The van der Waals surface area contributed by atoms with Gasteiger partial charge < -0.3 is 19.4 Å². The second-order valence-electron chi connectivity index (χ2n) is 11.1. The van der Waals surface area contributed by atoms with Gasteiger partial charge in [0.05, 0.1) is 47.0 Å². The number of nitrogens with zero attached hydrogens (tertiary/aromatic N) is 6. The Morgan fingerprint density at radius 1 is 1.18 bits per heavy atom. The number of hydrogen-bond acceptors (Lipinski definition) is 7. The van der Waals surface area contributed by atoms with E-state index in [4.69, 9.17) is 9.47 Å². The standard InChI is InChI=1S/C29H37N7O4/c1-17-12-25-22(26-23(27(37)31-25)14-30-36(26)20-6-10-40-11-7-20)13-21(17)28(38)35-9-8-34(18(2)15-35)16-24-19(3)32-33(4)29(24)39-5/h12-14,18,20H,6-11,15-16H2,1-5H3,(H,31,37)/t18-/m0/s1. The van der Waals surface area contributed by atoms with Gasteiger partial charge in [0.1, 0.15) is 0 Å². The molecular weight excluding hydrogens is 510 g/mol. The molecule has 3 aromatic heterocycles. The molecule has 0 unspecified atom stereocenters. The molecule has 0 aliphatic carbocycles. The van der Waals surface area contributed by atoms with Crippen molar-refractivity contribution in [1.29, 1.82) is 0 Å². The SMILES string of the molecule is COc1c(CN2CCN(C(=O)c3cc4c(cc3C)[nH]c(=O)c3cnn(C5CCOCC5)c34)C[C@@H]2C)c(C)nn1C. The molecule has 0 spiro atoms. The first kappa shape index (κ1) is 26.5. The maximum absolute atomic E-state index is 13.9. The minimum absolute atomic E-state index is 0.0116. The van der Waals surface area contributed by atoms with E-state index in [0.29, 0.717) is 37.3 Å². The van der Waals surface area contributed by atoms with E-state index >= 15 is 0 Å². The zero-order valence-electron chi connectivity index (χ0n) is 23.9. The fourth-order valence-corrected chi connectivity index (χ4v) is 6.34. The monoisotopic (exact) mass is 547 g/mol. The third kappa shape index (κ3) is 4.46. The molecule has 2 saturated heterocycles. The number of rotatable bonds is 5. The number of hydrogen-bond donors (Lipinski definition) is 1. The quantitative estimate of drug-likeness (QED) is 0.409. The van der Waals surface area contributed by atoms with Crippen molar-refractivity contribution in [3.8, 4) is 5.88 Å². The smallest absolute Gasteiger partial charge is 0.259 e. The fourth-order valence-electron chi connectivity index (χ4n) is 6.34. The van der Waals surface area contributed by atoms with Gasteiger partial charge >= 0.3 is 0 Å². The summed E-state index contributed by atoms with van der Waals surface area (Å²) in [5.41, 5.74) is 4.89. The summed E-state index contributed by atoms with van der Waals surface area (Å²) in [6.45, 7) is 10.2. The lowest BCUT2D eigenvalue weighted by molar-refractivity contribution is 0.0492. The van der Waals surface area contributed by atoms with E-state index in [1.165, 1.54) is 0 Å². The molecule has 2 fully saturated rings. The number of H-pyrrole nitrogens is 1. The van der Waals surface area contributed by atoms with Crippen LogP contribution < -0.4 is 10.3 Å². The van der Waals surface area contributed by atoms with Crippen LogP contribution in [0.1, 0.15) is 53.0 Å². The third-order valence-corrected chi connectivity index (χ3v) is 8.57. The highest BCUT2D eigenvalue weighted by atomic mass is 16.5. The van der Waals surface area contributed by atoms with E-state index in [0.717, 1.165) is 65.1 Å². The molecule has 1 aromatic carbocycles. The van der Waals surface area contributed by atoms with Crippen LogP contribution in [0.25, 0.3) is 21.8 Å². The zero-order chi connectivity index (χ0) is 28.1. The van der Waals surface area contributed by atoms with E-state index in [1.807, 2.05) is 42.6 Å². The van der Waals surface area contributed by atoms with Gasteiger partial charge in [-0.25, -0.2) is 4.68 Å². The van der Waals surface area contributed by atoms with Crippen LogP contribution in [-0.2, 0) is 18.3 Å². The number of fused-ring (bicyclic) bond motifs is 3. The van der Waals surface area contributed by atoms with Crippen molar-refractivity contribution in [1.82, 2.24) is 34.3 Å². The Hall–Kier alpha value is -3.70. The van der Waals surface area contributed by atoms with Crippen LogP contribution in [0.4, 0.5) is 0 Å². The number of methoxy groups -OCH3 is 1. The number of carbonyl (C=O) groups excluding carboxylic acids is 1. The number of aromatic nitrogens is 5. The summed E-state index contributed by atoms with van der Waals surface area (Å²) in [5, 5.41) is 10.5. The van der Waals surface area contributed by atoms with Crippen LogP contribution in [0.5, 0.6) is 5.88 Å². The summed E-state index contributed by atoms with van der Waals surface area (Å²) in [5.74, 6) is 0.789. The first-order chi connectivity index (χ1) is 19.3. The summed E-state index contributed by atoms with van der Waals surface area (Å²) in [6, 6.07) is 4.19. The molecule has 11 heteroatoms. The summed E-state index contributed by atoms with van der Waals surface area (Å²) < 4.78 is 14.9. The van der Waals surface area contributed by atoms with Gasteiger partial charge in [-0.05, 0) is 51.3 Å². The number of benzene rings is 1. The van der Waals surface area contributed by atoms with Crippen LogP contribution in [0.2, 0.25) is 0 Å². The van der Waals surface area contributed by atoms with E-state index in [2.05, 4.69) is 27.0 Å². The Kier molecular flexibility index (Phi) is 6.87. The lowest BCUT2D eigenvalue weighted by Crippen LogP contribution is -2.53. The maximum Gasteiger partial charge on any atom is 0.259 e. The molecular formula is C29H37N7O4. The highest BCUT2D eigenvalue weighted by Crippen LogP contribution is 2.31. The second kappa shape index (κ2) is 10.4. The molecule has 1 N–H and O–H groups in total. The van der Waals surface area contributed by atoms with Gasteiger partial charge in [-0.2, -0.15) is 10.2 Å². The lowest BCUT2D eigenvalue weighted by Gasteiger charge is -2.40. The summed E-state index contributed by atoms with van der Waals surface area (Å²) in [6.07, 6.45) is 3.33. The first-order valence-electron chi connectivity index (χ1n) is 14.0. The molecule has 6 rings (SSSR count). The predicted octanol–water partition coefficient (Wildman–Crippen LogP) is 2.93. The minimum atomic E-state index is -0.162. The van der Waals surface area contributed by atoms with Crippen molar-refractivity contribution in [2.75, 3.05) is 40.0 Å². The molecule has 1 atom stereocenters. The normalized spacial score (nSPS) is 19.1. The number of ether oxygens (including phenoxy) is 2. The Labute approximate surface area is 232 Å². The van der Waals surface area contributed by atoms with Crippen LogP contribution in [0.15, 0.2) is 23.1 Å². The van der Waals surface area contributed by atoms with Crippen LogP contribution >= 0.6 is 0 Å². The van der Waals surface area contributed by atoms with Gasteiger partial charge in [0.15, 0.2) is 0 Å². The second-order valence-corrected chi connectivity index (χ2v) is 11.1. The van der Waals surface area contributed by atoms with E-state index in [-0.39, 0.29) is 23.6 Å². The third-order valence-electron chi connectivity index (χ3n) is 8.57. The molecule has 0 saturated carbocycles. The zero-order valence-corrected chi connectivity index (χ0v) is 23.9. The topological polar surface area (TPSA) is 111 Å². The molecule has 2 aliphatic heterocycles. The van der Waals surface area contributed by atoms with Gasteiger partial charge in [-0.3, -0.25) is 19.2 Å². The molecule has 2 aliphatic rings. The predicted molar refractivity (Wildman–Crippen MR) is 152 cm³/mol. The molecule has 212 valence electrons. The Morgan fingerprint density at radius 3 is 2.67 bits per heavy atom. The summed E-state index contributed by atoms with van der Waals surface area (Å²) >= 11 is 0. The number of amides is 1. The van der Waals surface area contributed by atoms with Crippen LogP contribution in [0, 0.1) is 13.8 Å². The molecule has 0 radical (unpaired) electrons. The fraction of sp³-hybridized carbons (Fsp3) is 0.517. The number of nitrogens with one attached hydrogen (secondary N) is 1. The molecule has 11 nitrogen and oxygen atoms in total. The van der Waals surface area contributed by atoms with E-state index in [1.54, 1.807) is 18.0 Å². The highest BCUT2D eigenvalue weighted by Gasteiger charge is 2.30. The largest absolute Gasteiger partial charge is 0.481 e. The van der Waals surface area contributed by atoms with Crippen LogP contribution in [0.3, 0.4) is 0 Å². The summed E-state index contributed by atoms with van der Waals surface area (Å²) in [4.78, 5) is 34.2. The van der Waals surface area contributed by atoms with Crippen molar-refractivity contribution < 1.29 is 14.3 Å². The maximum atomic E-state index is 13.9. The van der Waals surface area contributed by atoms with Gasteiger partial charge in [-0.15, -0.1) is 0 Å². The number of piperazine rings is 1. The van der Waals surface area contributed by atoms with Gasteiger partial charge in [0, 0.05) is 63.4 Å². The van der Waals surface area contributed by atoms with E-state index in [9.17, 15) is 9.59 Å². The first-order valence-corrected chi connectivity index (χ1v) is 14.0. The average molecular weight is 548 g/mol. The molecule has 40 heavy (non-hydrogen) atoms. The highest BCUT2D eigenvalue weighted by molar-refractivity contribution is 6.07. The van der Waals surface area contributed by atoms with Crippen molar-refractivity contribution in [2.24, 2.45) is 7.05 Å². The Bertz CT molecular complexity index is 1650. The summed E-state index contributed by atoms with van der Waals surface area (Å²) in [7, 11) is 3.56. The average Bonchev–Trinajstić information content (AvgIpc) is 3.50. The molecule has 1 amide bonds. The van der Waals surface area contributed by atoms with Gasteiger partial charge in [0.25, 0.3) is 11.5 Å². The van der Waals surface area contributed by atoms with Gasteiger partial charge in [-0.1, -0.05) is 0 Å². The number of aromatic amines is 1. The van der Waals surface area contributed by atoms with E-state index < -0.39 is 0 Å². The van der Waals surface area contributed by atoms with Crippen LogP contribution in [-0.4, -0.2) is 86.3 Å². The number of aryl methyl sites for hydroxylation is 3. The van der Waals surface area contributed by atoms with Crippen molar-refractivity contribution in [3.63, 3.8) is 0 Å². The Balaban J connectivity index is 1.29. The van der Waals surface area contributed by atoms with Gasteiger partial charge in [0.2, 0.25) is 5.88 Å². The molecule has 0 bridgehead atoms. The lowest BCUT2D eigenvalue weighted by atomic mass is 10.0. The van der Waals surface area contributed by atoms with Crippen molar-refractivity contribution in [2.45, 2.75) is 52.2 Å². The number of carbonyl (C=O) groups is 1. The Morgan fingerprint density at radius 2 is 1.95 bits per heavy atom. The number of pyridine rings is 1. The van der Waals surface area contributed by atoms with Crippen molar-refractivity contribution >= 4 is 27.7 Å². The minimum Gasteiger partial charge on any atom is -0.481 e. The molecule has 5 heterocycles. The molecule has 4 aromatic rings. The van der Waals surface area contributed by atoms with Crippen molar-refractivity contribution in [3.05, 3.63) is 51.1 Å².